The van der Waals surface area contributed by atoms with E-state index in [1.54, 1.807) is 0 Å². The Morgan fingerprint density at radius 1 is 1.23 bits per heavy atom. The largest absolute Gasteiger partial charge is 0.390 e. The predicted molar refractivity (Wildman–Crippen MR) is 54.6 cm³/mol. The molecule has 0 saturated heterocycles. The topological polar surface area (TPSA) is 37.3 Å². The second kappa shape index (κ2) is 5.38. The Kier molecular flexibility index (Phi) is 5.23. The van der Waals surface area contributed by atoms with Gasteiger partial charge in [-0.1, -0.05) is 13.8 Å². The molecule has 1 saturated carbocycles. The van der Waals surface area contributed by atoms with Gasteiger partial charge in [0.25, 0.3) is 0 Å². The van der Waals surface area contributed by atoms with Gasteiger partial charge in [-0.3, -0.25) is 4.79 Å². The second-order valence-corrected chi connectivity index (χ2v) is 3.97. The molecule has 0 aromatic heterocycles. The summed E-state index contributed by atoms with van der Waals surface area (Å²) in [6, 6.07) is 0. The van der Waals surface area contributed by atoms with Gasteiger partial charge in [-0.25, -0.2) is 0 Å². The molecule has 0 unspecified atom stereocenters. The molecule has 0 amide bonds. The first-order valence-corrected chi connectivity index (χ1v) is 5.24. The fraction of sp³-hybridized carbons (Fsp3) is 0.909. The van der Waals surface area contributed by atoms with Crippen LogP contribution in [0.4, 0.5) is 0 Å². The van der Waals surface area contributed by atoms with Crippen LogP contribution in [0.5, 0.6) is 0 Å². The molecule has 0 bridgehead atoms. The zero-order chi connectivity index (χ0) is 10.5. The summed E-state index contributed by atoms with van der Waals surface area (Å²) in [5, 5.41) is 9.62. The van der Waals surface area contributed by atoms with E-state index in [1.807, 2.05) is 27.7 Å². The quantitative estimate of drug-likeness (QED) is 0.683. The summed E-state index contributed by atoms with van der Waals surface area (Å²) in [7, 11) is 0. The van der Waals surface area contributed by atoms with Crippen molar-refractivity contribution in [2.75, 3.05) is 0 Å². The molecule has 0 aromatic carbocycles. The molecule has 78 valence electrons. The SMILES string of the molecule is CC.CC(C)(O)C1CCC(=O)CC1. The molecule has 1 aliphatic carbocycles. The lowest BCUT2D eigenvalue weighted by molar-refractivity contribution is -0.122. The maximum absolute atomic E-state index is 10.9. The van der Waals surface area contributed by atoms with E-state index >= 15 is 0 Å². The Bertz CT molecular complexity index is 146. The van der Waals surface area contributed by atoms with Crippen molar-refractivity contribution in [3.05, 3.63) is 0 Å². The Balaban J connectivity index is 0.000000671. The van der Waals surface area contributed by atoms with Crippen LogP contribution < -0.4 is 0 Å². The molecule has 0 aliphatic heterocycles. The van der Waals surface area contributed by atoms with E-state index in [1.165, 1.54) is 0 Å². The smallest absolute Gasteiger partial charge is 0.132 e. The summed E-state index contributed by atoms with van der Waals surface area (Å²) < 4.78 is 0. The average Bonchev–Trinajstić information content (AvgIpc) is 2.07. The van der Waals surface area contributed by atoms with E-state index in [4.69, 9.17) is 0 Å². The Morgan fingerprint density at radius 2 is 1.62 bits per heavy atom. The number of hydrogen-bond acceptors (Lipinski definition) is 2. The molecule has 0 heterocycles. The molecule has 0 radical (unpaired) electrons. The summed E-state index contributed by atoms with van der Waals surface area (Å²) in [4.78, 5) is 10.9. The lowest BCUT2D eigenvalue weighted by atomic mass is 9.78. The molecule has 13 heavy (non-hydrogen) atoms. The lowest BCUT2D eigenvalue weighted by Gasteiger charge is -2.31. The standard InChI is InChI=1S/C9H16O2.C2H6/c1-9(2,11)7-3-5-8(10)6-4-7;1-2/h7,11H,3-6H2,1-2H3;1-2H3. The highest BCUT2D eigenvalue weighted by atomic mass is 16.3. The van der Waals surface area contributed by atoms with Crippen molar-refractivity contribution in [3.63, 3.8) is 0 Å². The molecule has 0 aromatic rings. The summed E-state index contributed by atoms with van der Waals surface area (Å²) in [6.45, 7) is 7.65. The molecule has 1 N–H and O–H groups in total. The van der Waals surface area contributed by atoms with Crippen molar-refractivity contribution in [1.29, 1.82) is 0 Å². The van der Waals surface area contributed by atoms with Crippen LogP contribution in [0.3, 0.4) is 0 Å². The van der Waals surface area contributed by atoms with E-state index in [9.17, 15) is 9.90 Å². The molecule has 1 rings (SSSR count). The van der Waals surface area contributed by atoms with Gasteiger partial charge in [0.1, 0.15) is 5.78 Å². The van der Waals surface area contributed by atoms with E-state index < -0.39 is 5.60 Å². The molecular weight excluding hydrogens is 164 g/mol. The molecule has 0 spiro atoms. The molecule has 0 atom stereocenters. The molecule has 2 heteroatoms. The highest BCUT2D eigenvalue weighted by Crippen LogP contribution is 2.30. The average molecular weight is 186 g/mol. The van der Waals surface area contributed by atoms with Crippen molar-refractivity contribution < 1.29 is 9.90 Å². The van der Waals surface area contributed by atoms with Crippen LogP contribution in [0, 0.1) is 5.92 Å². The fourth-order valence-corrected chi connectivity index (χ4v) is 1.65. The number of ketones is 1. The van der Waals surface area contributed by atoms with E-state index in [0.717, 1.165) is 12.8 Å². The first-order valence-electron chi connectivity index (χ1n) is 5.24. The second-order valence-electron chi connectivity index (χ2n) is 3.97. The van der Waals surface area contributed by atoms with Crippen molar-refractivity contribution in [3.8, 4) is 0 Å². The number of carbonyl (C=O) groups excluding carboxylic acids is 1. The number of hydrogen-bond donors (Lipinski definition) is 1. The van der Waals surface area contributed by atoms with E-state index in [2.05, 4.69) is 0 Å². The van der Waals surface area contributed by atoms with Gasteiger partial charge in [0.2, 0.25) is 0 Å². The third-order valence-electron chi connectivity index (χ3n) is 2.54. The zero-order valence-electron chi connectivity index (χ0n) is 9.26. The number of aliphatic hydroxyl groups is 1. The van der Waals surface area contributed by atoms with Crippen molar-refractivity contribution in [2.24, 2.45) is 5.92 Å². The van der Waals surface area contributed by atoms with Gasteiger partial charge >= 0.3 is 0 Å². The monoisotopic (exact) mass is 186 g/mol. The van der Waals surface area contributed by atoms with Gasteiger partial charge in [-0.05, 0) is 32.6 Å². The van der Waals surface area contributed by atoms with Crippen LogP contribution >= 0.6 is 0 Å². The highest BCUT2D eigenvalue weighted by Gasteiger charge is 2.30. The highest BCUT2D eigenvalue weighted by molar-refractivity contribution is 5.79. The number of rotatable bonds is 1. The maximum Gasteiger partial charge on any atom is 0.132 e. The minimum absolute atomic E-state index is 0.320. The first kappa shape index (κ1) is 12.6. The van der Waals surface area contributed by atoms with Crippen molar-refractivity contribution >= 4 is 5.78 Å². The Morgan fingerprint density at radius 3 is 1.92 bits per heavy atom. The van der Waals surface area contributed by atoms with E-state index in [-0.39, 0.29) is 0 Å². The third-order valence-corrected chi connectivity index (χ3v) is 2.54. The number of carbonyl (C=O) groups is 1. The first-order chi connectivity index (χ1) is 6.00. The fourth-order valence-electron chi connectivity index (χ4n) is 1.65. The van der Waals surface area contributed by atoms with Crippen LogP contribution in [0.25, 0.3) is 0 Å². The van der Waals surface area contributed by atoms with Crippen LogP contribution in [0.15, 0.2) is 0 Å². The van der Waals surface area contributed by atoms with Crippen molar-refractivity contribution in [2.45, 2.75) is 59.0 Å². The molecule has 2 nitrogen and oxygen atoms in total. The summed E-state index contributed by atoms with van der Waals surface area (Å²) in [5.74, 6) is 0.672. The minimum atomic E-state index is -0.597. The van der Waals surface area contributed by atoms with Gasteiger partial charge in [0.15, 0.2) is 0 Å². The van der Waals surface area contributed by atoms with Crippen LogP contribution in [-0.2, 0) is 4.79 Å². The maximum atomic E-state index is 10.9. The third kappa shape index (κ3) is 4.41. The van der Waals surface area contributed by atoms with Gasteiger partial charge in [-0.2, -0.15) is 0 Å². The normalized spacial score (nSPS) is 19.3. The summed E-state index contributed by atoms with van der Waals surface area (Å²) >= 11 is 0. The van der Waals surface area contributed by atoms with Gasteiger partial charge < -0.3 is 5.11 Å². The lowest BCUT2D eigenvalue weighted by Crippen LogP contribution is -2.33. The molecular formula is C11H22O2. The van der Waals surface area contributed by atoms with Gasteiger partial charge in [0, 0.05) is 12.8 Å². The van der Waals surface area contributed by atoms with Crippen LogP contribution in [0.2, 0.25) is 0 Å². The van der Waals surface area contributed by atoms with E-state index in [0.29, 0.717) is 24.5 Å². The zero-order valence-corrected chi connectivity index (χ0v) is 9.26. The van der Waals surface area contributed by atoms with Gasteiger partial charge in [-0.15, -0.1) is 0 Å². The van der Waals surface area contributed by atoms with Crippen molar-refractivity contribution in [1.82, 2.24) is 0 Å². The molecule has 1 fully saturated rings. The number of Topliss-reactive ketones (excluding diaryl/α,β-unsaturated/α-hetero) is 1. The summed E-state index contributed by atoms with van der Waals surface area (Å²) in [6.07, 6.45) is 3.05. The molecule has 1 aliphatic rings. The van der Waals surface area contributed by atoms with Gasteiger partial charge in [0.05, 0.1) is 5.60 Å². The summed E-state index contributed by atoms with van der Waals surface area (Å²) in [5.41, 5.74) is -0.597. The van der Waals surface area contributed by atoms with Crippen LogP contribution in [0.1, 0.15) is 53.4 Å². The predicted octanol–water partition coefficient (Wildman–Crippen LogP) is 2.54. The Labute approximate surface area is 81.3 Å². The Hall–Kier alpha value is -0.370. The minimum Gasteiger partial charge on any atom is -0.390 e. The van der Waals surface area contributed by atoms with Crippen LogP contribution in [-0.4, -0.2) is 16.5 Å².